The van der Waals surface area contributed by atoms with Crippen molar-refractivity contribution in [2.45, 2.75) is 13.8 Å². The third-order valence-electron chi connectivity index (χ3n) is 5.25. The van der Waals surface area contributed by atoms with Gasteiger partial charge in [-0.15, -0.1) is 0 Å². The highest BCUT2D eigenvalue weighted by Gasteiger charge is 2.41. The summed E-state index contributed by atoms with van der Waals surface area (Å²) in [6.45, 7) is 5.85. The molecule has 0 bridgehead atoms. The van der Waals surface area contributed by atoms with E-state index < -0.39 is 17.6 Å². The lowest BCUT2D eigenvalue weighted by atomic mass is 10.0. The van der Waals surface area contributed by atoms with Crippen LogP contribution in [0.25, 0.3) is 5.57 Å². The predicted octanol–water partition coefficient (Wildman–Crippen LogP) is 2.88. The van der Waals surface area contributed by atoms with Crippen LogP contribution in [0.3, 0.4) is 0 Å². The molecule has 0 radical (unpaired) electrons. The van der Waals surface area contributed by atoms with Gasteiger partial charge in [0.15, 0.2) is 0 Å². The summed E-state index contributed by atoms with van der Waals surface area (Å²) in [6.07, 6.45) is 0. The Labute approximate surface area is 175 Å². The van der Waals surface area contributed by atoms with Gasteiger partial charge in [0.1, 0.15) is 11.5 Å². The van der Waals surface area contributed by atoms with E-state index in [0.29, 0.717) is 11.3 Å². The number of hydrogen-bond acceptors (Lipinski definition) is 5. The molecule has 0 saturated heterocycles. The SMILES string of the molecule is CCN(CC)c1ccc(N2C(=O)C(c3ccc(F)cc3)=C(N(C)CCO)C2=O)cc1. The van der Waals surface area contributed by atoms with Gasteiger partial charge >= 0.3 is 0 Å². The molecule has 1 aliphatic rings. The summed E-state index contributed by atoms with van der Waals surface area (Å²) >= 11 is 0. The molecule has 7 heteroatoms. The molecule has 2 amide bonds. The van der Waals surface area contributed by atoms with Gasteiger partial charge in [0.25, 0.3) is 11.8 Å². The first kappa shape index (κ1) is 21.5. The minimum atomic E-state index is -0.470. The fourth-order valence-electron chi connectivity index (χ4n) is 3.65. The fourth-order valence-corrected chi connectivity index (χ4v) is 3.65. The second kappa shape index (κ2) is 9.09. The number of aliphatic hydroxyl groups is 1. The minimum Gasteiger partial charge on any atom is -0.395 e. The normalized spacial score (nSPS) is 14.0. The third kappa shape index (κ3) is 3.93. The first-order valence-electron chi connectivity index (χ1n) is 9.98. The van der Waals surface area contributed by atoms with Crippen molar-refractivity contribution in [1.29, 1.82) is 0 Å². The molecule has 0 fully saturated rings. The average Bonchev–Trinajstić information content (AvgIpc) is 3.00. The van der Waals surface area contributed by atoms with E-state index in [1.54, 1.807) is 24.1 Å². The Morgan fingerprint density at radius 1 is 0.933 bits per heavy atom. The lowest BCUT2D eigenvalue weighted by molar-refractivity contribution is -0.120. The van der Waals surface area contributed by atoms with E-state index >= 15 is 0 Å². The number of rotatable bonds is 8. The molecule has 2 aromatic rings. The van der Waals surface area contributed by atoms with Crippen LogP contribution >= 0.6 is 0 Å². The topological polar surface area (TPSA) is 64.1 Å². The summed E-state index contributed by atoms with van der Waals surface area (Å²) < 4.78 is 13.4. The molecule has 0 saturated carbocycles. The maximum Gasteiger partial charge on any atom is 0.282 e. The Morgan fingerprint density at radius 3 is 2.07 bits per heavy atom. The smallest absolute Gasteiger partial charge is 0.282 e. The Morgan fingerprint density at radius 2 is 1.53 bits per heavy atom. The standard InChI is InChI=1S/C23H26FN3O3/c1-4-26(5-2)18-10-12-19(13-11-18)27-22(29)20(16-6-8-17(24)9-7-16)21(23(27)30)25(3)14-15-28/h6-13,28H,4-5,14-15H2,1-3H3. The number of benzene rings is 2. The molecule has 0 unspecified atom stereocenters. The Balaban J connectivity index is 2.02. The van der Waals surface area contributed by atoms with Crippen molar-refractivity contribution in [3.63, 3.8) is 0 Å². The van der Waals surface area contributed by atoms with Gasteiger partial charge in [0.05, 0.1) is 17.9 Å². The second-order valence-electron chi connectivity index (χ2n) is 7.01. The largest absolute Gasteiger partial charge is 0.395 e. The van der Waals surface area contributed by atoms with Gasteiger partial charge in [-0.3, -0.25) is 9.59 Å². The first-order valence-corrected chi connectivity index (χ1v) is 9.98. The molecule has 158 valence electrons. The Bertz CT molecular complexity index is 951. The van der Waals surface area contributed by atoms with Gasteiger partial charge in [-0.05, 0) is 55.8 Å². The average molecular weight is 411 g/mol. The zero-order valence-electron chi connectivity index (χ0n) is 17.4. The molecule has 3 rings (SSSR count). The zero-order valence-corrected chi connectivity index (χ0v) is 17.4. The van der Waals surface area contributed by atoms with Crippen LogP contribution in [0.5, 0.6) is 0 Å². The van der Waals surface area contributed by atoms with Crippen LogP contribution in [0, 0.1) is 5.82 Å². The van der Waals surface area contributed by atoms with Gasteiger partial charge < -0.3 is 14.9 Å². The molecule has 0 atom stereocenters. The number of halogens is 1. The van der Waals surface area contributed by atoms with Crippen molar-refractivity contribution < 1.29 is 19.1 Å². The van der Waals surface area contributed by atoms with Crippen LogP contribution in [0.1, 0.15) is 19.4 Å². The van der Waals surface area contributed by atoms with Gasteiger partial charge in [-0.2, -0.15) is 0 Å². The minimum absolute atomic E-state index is 0.170. The molecule has 0 aliphatic carbocycles. The number of imide groups is 1. The van der Waals surface area contributed by atoms with Crippen molar-refractivity contribution >= 4 is 28.8 Å². The van der Waals surface area contributed by atoms with Crippen LogP contribution in [0.2, 0.25) is 0 Å². The number of likely N-dealkylation sites (N-methyl/N-ethyl adjacent to an activating group) is 1. The summed E-state index contributed by atoms with van der Waals surface area (Å²) in [5.41, 5.74) is 2.31. The summed E-state index contributed by atoms with van der Waals surface area (Å²) in [7, 11) is 1.65. The van der Waals surface area contributed by atoms with Gasteiger partial charge in [-0.25, -0.2) is 9.29 Å². The van der Waals surface area contributed by atoms with Gasteiger partial charge in [0, 0.05) is 32.4 Å². The number of anilines is 2. The van der Waals surface area contributed by atoms with E-state index in [2.05, 4.69) is 18.7 Å². The molecule has 0 spiro atoms. The lowest BCUT2D eigenvalue weighted by Gasteiger charge is -2.23. The fraction of sp³-hybridized carbons (Fsp3) is 0.304. The molecule has 1 N–H and O–H groups in total. The molecular weight excluding hydrogens is 385 g/mol. The van der Waals surface area contributed by atoms with Crippen molar-refractivity contribution in [3.05, 3.63) is 65.6 Å². The van der Waals surface area contributed by atoms with Crippen LogP contribution in [0.15, 0.2) is 54.2 Å². The first-order chi connectivity index (χ1) is 14.4. The molecule has 1 heterocycles. The zero-order chi connectivity index (χ0) is 21.8. The van der Waals surface area contributed by atoms with E-state index in [1.807, 2.05) is 12.1 Å². The summed E-state index contributed by atoms with van der Waals surface area (Å²) in [6, 6.07) is 12.7. The highest BCUT2D eigenvalue weighted by atomic mass is 19.1. The quantitative estimate of drug-likeness (QED) is 0.677. The molecule has 1 aliphatic heterocycles. The number of amides is 2. The number of carbonyl (C=O) groups is 2. The van der Waals surface area contributed by atoms with E-state index in [0.717, 1.165) is 23.7 Å². The van der Waals surface area contributed by atoms with Crippen LogP contribution in [-0.2, 0) is 9.59 Å². The predicted molar refractivity (Wildman–Crippen MR) is 116 cm³/mol. The Hall–Kier alpha value is -3.19. The summed E-state index contributed by atoms with van der Waals surface area (Å²) in [4.78, 5) is 31.4. The highest BCUT2D eigenvalue weighted by Crippen LogP contribution is 2.35. The van der Waals surface area contributed by atoms with Gasteiger partial charge in [-0.1, -0.05) is 12.1 Å². The van der Waals surface area contributed by atoms with E-state index in [9.17, 15) is 19.1 Å². The number of carbonyl (C=O) groups excluding carboxylic acids is 2. The molecule has 30 heavy (non-hydrogen) atoms. The van der Waals surface area contributed by atoms with E-state index in [4.69, 9.17) is 0 Å². The Kier molecular flexibility index (Phi) is 6.52. The second-order valence-corrected chi connectivity index (χ2v) is 7.01. The van der Waals surface area contributed by atoms with E-state index in [1.165, 1.54) is 24.3 Å². The van der Waals surface area contributed by atoms with Crippen molar-refractivity contribution in [2.24, 2.45) is 0 Å². The molecule has 2 aromatic carbocycles. The number of aliphatic hydroxyl groups excluding tert-OH is 1. The number of hydrogen-bond donors (Lipinski definition) is 1. The van der Waals surface area contributed by atoms with Crippen LogP contribution in [0.4, 0.5) is 15.8 Å². The summed E-state index contributed by atoms with van der Waals surface area (Å²) in [5.74, 6) is -1.36. The van der Waals surface area contributed by atoms with E-state index in [-0.39, 0.29) is 24.4 Å². The monoisotopic (exact) mass is 411 g/mol. The maximum atomic E-state index is 13.4. The van der Waals surface area contributed by atoms with Crippen molar-refractivity contribution in [3.8, 4) is 0 Å². The van der Waals surface area contributed by atoms with Crippen LogP contribution in [-0.4, -0.2) is 55.1 Å². The molecule has 0 aromatic heterocycles. The van der Waals surface area contributed by atoms with Crippen molar-refractivity contribution in [2.75, 3.05) is 43.1 Å². The molecular formula is C23H26FN3O3. The summed E-state index contributed by atoms with van der Waals surface area (Å²) in [5, 5.41) is 9.33. The van der Waals surface area contributed by atoms with Crippen LogP contribution < -0.4 is 9.80 Å². The van der Waals surface area contributed by atoms with Gasteiger partial charge in [0.2, 0.25) is 0 Å². The molecule has 6 nitrogen and oxygen atoms in total. The van der Waals surface area contributed by atoms with Crippen molar-refractivity contribution in [1.82, 2.24) is 4.90 Å². The number of nitrogens with zero attached hydrogens (tertiary/aromatic N) is 3. The third-order valence-corrected chi connectivity index (χ3v) is 5.25. The lowest BCUT2D eigenvalue weighted by Crippen LogP contribution is -2.35. The highest BCUT2D eigenvalue weighted by molar-refractivity contribution is 6.45. The maximum absolute atomic E-state index is 13.4.